The van der Waals surface area contributed by atoms with Crippen molar-refractivity contribution < 1.29 is 5.11 Å². The van der Waals surface area contributed by atoms with Gasteiger partial charge in [0.05, 0.1) is 6.61 Å². The van der Waals surface area contributed by atoms with Crippen LogP contribution >= 0.6 is 0 Å². The van der Waals surface area contributed by atoms with E-state index in [-0.39, 0.29) is 6.61 Å². The second-order valence-corrected chi connectivity index (χ2v) is 2.42. The lowest BCUT2D eigenvalue weighted by atomic mass is 10.1. The van der Waals surface area contributed by atoms with E-state index in [1.807, 2.05) is 25.1 Å². The molecule has 0 aliphatic carbocycles. The van der Waals surface area contributed by atoms with Crippen molar-refractivity contribution in [2.45, 2.75) is 13.5 Å². The van der Waals surface area contributed by atoms with Gasteiger partial charge in [0.15, 0.2) is 0 Å². The van der Waals surface area contributed by atoms with Crippen molar-refractivity contribution in [3.8, 4) is 0 Å². The van der Waals surface area contributed by atoms with E-state index in [0.717, 1.165) is 16.7 Å². The maximum atomic E-state index is 8.82. The highest BCUT2D eigenvalue weighted by Gasteiger charge is 1.94. The number of benzene rings is 1. The first kappa shape index (κ1) is 7.29. The van der Waals surface area contributed by atoms with E-state index in [1.165, 1.54) is 0 Å². The summed E-state index contributed by atoms with van der Waals surface area (Å²) in [5, 5.41) is 8.82. The lowest BCUT2D eigenvalue weighted by Crippen LogP contribution is -1.88. The zero-order valence-corrected chi connectivity index (χ0v) is 6.09. The molecule has 1 N–H and O–H groups in total. The van der Waals surface area contributed by atoms with Crippen molar-refractivity contribution in [1.29, 1.82) is 0 Å². The molecule has 0 aliphatic heterocycles. The van der Waals surface area contributed by atoms with Crippen LogP contribution in [0.4, 0.5) is 0 Å². The van der Waals surface area contributed by atoms with Crippen LogP contribution in [0.25, 0.3) is 0 Å². The van der Waals surface area contributed by atoms with Crippen LogP contribution in [0.1, 0.15) is 16.7 Å². The molecule has 0 atom stereocenters. The van der Waals surface area contributed by atoms with Gasteiger partial charge in [0.2, 0.25) is 0 Å². The molecule has 10 heavy (non-hydrogen) atoms. The van der Waals surface area contributed by atoms with E-state index in [4.69, 9.17) is 5.11 Å². The smallest absolute Gasteiger partial charge is 0.0684 e. The Balaban J connectivity index is 3.09. The van der Waals surface area contributed by atoms with Crippen LogP contribution < -0.4 is 0 Å². The molecule has 0 saturated heterocycles. The lowest BCUT2D eigenvalue weighted by Gasteiger charge is -2.01. The quantitative estimate of drug-likeness (QED) is 0.621. The van der Waals surface area contributed by atoms with Gasteiger partial charge in [0, 0.05) is 0 Å². The molecule has 1 aromatic carbocycles. The molecule has 1 rings (SSSR count). The van der Waals surface area contributed by atoms with Gasteiger partial charge in [0.25, 0.3) is 0 Å². The summed E-state index contributed by atoms with van der Waals surface area (Å²) in [5.41, 5.74) is 3.04. The molecule has 0 amide bonds. The van der Waals surface area contributed by atoms with Gasteiger partial charge >= 0.3 is 0 Å². The fourth-order valence-corrected chi connectivity index (χ4v) is 0.895. The fourth-order valence-electron chi connectivity index (χ4n) is 0.895. The Kier molecular flexibility index (Phi) is 2.07. The van der Waals surface area contributed by atoms with Gasteiger partial charge in [-0.15, -0.1) is 0 Å². The summed E-state index contributed by atoms with van der Waals surface area (Å²) in [5.74, 6) is 0. The van der Waals surface area contributed by atoms with Gasteiger partial charge in [-0.05, 0) is 30.5 Å². The second kappa shape index (κ2) is 2.84. The van der Waals surface area contributed by atoms with E-state index in [9.17, 15) is 0 Å². The summed E-state index contributed by atoms with van der Waals surface area (Å²) >= 11 is 0. The average Bonchev–Trinajstić information content (AvgIpc) is 1.94. The highest BCUT2D eigenvalue weighted by Crippen LogP contribution is 2.09. The molecule has 0 saturated carbocycles. The Morgan fingerprint density at radius 3 is 2.70 bits per heavy atom. The van der Waals surface area contributed by atoms with E-state index in [0.29, 0.717) is 0 Å². The van der Waals surface area contributed by atoms with E-state index in [1.54, 1.807) is 0 Å². The Morgan fingerprint density at radius 1 is 1.50 bits per heavy atom. The van der Waals surface area contributed by atoms with Crippen LogP contribution in [-0.4, -0.2) is 5.11 Å². The maximum absolute atomic E-state index is 8.82. The minimum absolute atomic E-state index is 0.106. The standard InChI is InChI=1S/C9H11O/c1-7-3-4-8(2)9(5-7)6-10/h3-5,10H,1,6H2,2H3. The van der Waals surface area contributed by atoms with Crippen LogP contribution in [0.3, 0.4) is 0 Å². The molecule has 53 valence electrons. The third-order valence-corrected chi connectivity index (χ3v) is 1.58. The number of aryl methyl sites for hydroxylation is 1. The SMILES string of the molecule is [CH2]c1ccc(C)c(CO)c1. The molecule has 0 aliphatic rings. The van der Waals surface area contributed by atoms with Crippen LogP contribution in [0.2, 0.25) is 0 Å². The summed E-state index contributed by atoms with van der Waals surface area (Å²) in [4.78, 5) is 0. The number of hydrogen-bond acceptors (Lipinski definition) is 1. The third kappa shape index (κ3) is 1.36. The predicted octanol–water partition coefficient (Wildman–Crippen LogP) is 1.67. The van der Waals surface area contributed by atoms with Crippen LogP contribution in [0.5, 0.6) is 0 Å². The van der Waals surface area contributed by atoms with Crippen molar-refractivity contribution in [1.82, 2.24) is 0 Å². The van der Waals surface area contributed by atoms with E-state index < -0.39 is 0 Å². The highest BCUT2D eigenvalue weighted by molar-refractivity contribution is 5.31. The molecule has 0 unspecified atom stereocenters. The minimum Gasteiger partial charge on any atom is -0.392 e. The van der Waals surface area contributed by atoms with Crippen LogP contribution in [0.15, 0.2) is 18.2 Å². The summed E-state index contributed by atoms with van der Waals surface area (Å²) in [6.45, 7) is 5.84. The van der Waals surface area contributed by atoms with E-state index in [2.05, 4.69) is 6.92 Å². The number of aliphatic hydroxyl groups is 1. The number of hydrogen-bond donors (Lipinski definition) is 1. The number of aliphatic hydroxyl groups excluding tert-OH is 1. The fraction of sp³-hybridized carbons (Fsp3) is 0.222. The molecule has 0 spiro atoms. The van der Waals surface area contributed by atoms with Gasteiger partial charge in [-0.1, -0.05) is 18.2 Å². The molecule has 0 aromatic heterocycles. The second-order valence-electron chi connectivity index (χ2n) is 2.42. The van der Waals surface area contributed by atoms with Crippen LogP contribution in [-0.2, 0) is 6.61 Å². The van der Waals surface area contributed by atoms with Gasteiger partial charge in [0.1, 0.15) is 0 Å². The molecule has 0 bridgehead atoms. The third-order valence-electron chi connectivity index (χ3n) is 1.58. The Bertz CT molecular complexity index is 228. The van der Waals surface area contributed by atoms with Gasteiger partial charge in [-0.25, -0.2) is 0 Å². The topological polar surface area (TPSA) is 20.2 Å². The normalized spacial score (nSPS) is 9.90. The zero-order chi connectivity index (χ0) is 7.56. The van der Waals surface area contributed by atoms with Crippen LogP contribution in [0, 0.1) is 13.8 Å². The number of rotatable bonds is 1. The predicted molar refractivity (Wildman–Crippen MR) is 41.6 cm³/mol. The summed E-state index contributed by atoms with van der Waals surface area (Å²) in [6.07, 6.45) is 0. The molecule has 1 radical (unpaired) electrons. The molecular weight excluding hydrogens is 124 g/mol. The maximum Gasteiger partial charge on any atom is 0.0684 e. The van der Waals surface area contributed by atoms with Gasteiger partial charge in [-0.2, -0.15) is 0 Å². The Morgan fingerprint density at radius 2 is 2.20 bits per heavy atom. The minimum atomic E-state index is 0.106. The largest absolute Gasteiger partial charge is 0.392 e. The zero-order valence-electron chi connectivity index (χ0n) is 6.09. The molecular formula is C9H11O. The lowest BCUT2D eigenvalue weighted by molar-refractivity contribution is 0.281. The molecule has 0 heterocycles. The van der Waals surface area contributed by atoms with Crippen molar-refractivity contribution >= 4 is 0 Å². The summed E-state index contributed by atoms with van der Waals surface area (Å²) in [7, 11) is 0. The van der Waals surface area contributed by atoms with E-state index >= 15 is 0 Å². The molecule has 1 nitrogen and oxygen atoms in total. The van der Waals surface area contributed by atoms with Crippen molar-refractivity contribution in [2.75, 3.05) is 0 Å². The first-order valence-electron chi connectivity index (χ1n) is 3.26. The average molecular weight is 135 g/mol. The monoisotopic (exact) mass is 135 g/mol. The van der Waals surface area contributed by atoms with Crippen molar-refractivity contribution in [3.05, 3.63) is 41.8 Å². The summed E-state index contributed by atoms with van der Waals surface area (Å²) in [6, 6.07) is 5.80. The van der Waals surface area contributed by atoms with Gasteiger partial charge < -0.3 is 5.11 Å². The first-order chi connectivity index (χ1) is 4.74. The van der Waals surface area contributed by atoms with Crippen molar-refractivity contribution in [3.63, 3.8) is 0 Å². The Labute approximate surface area is 61.3 Å². The summed E-state index contributed by atoms with van der Waals surface area (Å²) < 4.78 is 0. The molecule has 0 fully saturated rings. The highest BCUT2D eigenvalue weighted by atomic mass is 16.3. The first-order valence-corrected chi connectivity index (χ1v) is 3.26. The van der Waals surface area contributed by atoms with Gasteiger partial charge in [-0.3, -0.25) is 0 Å². The van der Waals surface area contributed by atoms with Crippen molar-refractivity contribution in [2.24, 2.45) is 0 Å². The molecule has 1 heteroatoms. The Hall–Kier alpha value is -0.820. The molecule has 1 aromatic rings.